The molecular weight excluding hydrogens is 260 g/mol. The highest BCUT2D eigenvalue weighted by Gasteiger charge is 2.14. The molecule has 0 saturated heterocycles. The third kappa shape index (κ3) is 3.69. The van der Waals surface area contributed by atoms with E-state index in [1.807, 2.05) is 42.2 Å². The van der Waals surface area contributed by atoms with Crippen LogP contribution in [0.2, 0.25) is 0 Å². The van der Waals surface area contributed by atoms with E-state index >= 15 is 0 Å². The predicted molar refractivity (Wildman–Crippen MR) is 85.9 cm³/mol. The number of nitrogens with zero attached hydrogens (tertiary/aromatic N) is 2. The molecule has 0 aliphatic carbocycles. The van der Waals surface area contributed by atoms with Gasteiger partial charge in [0.25, 0.3) is 0 Å². The SMILES string of the molecule is CC(=O)C(=C(C)c1cnn(Cc2ccccc2)c1)C(C)C. The third-order valence-electron chi connectivity index (χ3n) is 3.61. The molecule has 0 spiro atoms. The highest BCUT2D eigenvalue weighted by atomic mass is 16.1. The van der Waals surface area contributed by atoms with E-state index in [-0.39, 0.29) is 11.7 Å². The van der Waals surface area contributed by atoms with Crippen molar-refractivity contribution in [3.8, 4) is 0 Å². The Morgan fingerprint density at radius 3 is 2.43 bits per heavy atom. The summed E-state index contributed by atoms with van der Waals surface area (Å²) in [6.45, 7) is 8.47. The van der Waals surface area contributed by atoms with Gasteiger partial charge in [-0.3, -0.25) is 9.48 Å². The first-order valence-electron chi connectivity index (χ1n) is 7.27. The van der Waals surface area contributed by atoms with E-state index in [1.54, 1.807) is 6.92 Å². The van der Waals surface area contributed by atoms with E-state index < -0.39 is 0 Å². The first-order chi connectivity index (χ1) is 9.99. The highest BCUT2D eigenvalue weighted by Crippen LogP contribution is 2.24. The van der Waals surface area contributed by atoms with Gasteiger partial charge in [-0.1, -0.05) is 44.2 Å². The summed E-state index contributed by atoms with van der Waals surface area (Å²) in [5.74, 6) is 0.360. The van der Waals surface area contributed by atoms with E-state index in [0.717, 1.165) is 23.3 Å². The topological polar surface area (TPSA) is 34.9 Å². The maximum Gasteiger partial charge on any atom is 0.156 e. The summed E-state index contributed by atoms with van der Waals surface area (Å²) in [5.41, 5.74) is 4.14. The minimum atomic E-state index is 0.137. The summed E-state index contributed by atoms with van der Waals surface area (Å²) in [7, 11) is 0. The number of hydrogen-bond acceptors (Lipinski definition) is 2. The fraction of sp³-hybridized carbons (Fsp3) is 0.333. The molecule has 110 valence electrons. The molecule has 1 aromatic heterocycles. The van der Waals surface area contributed by atoms with Gasteiger partial charge in [0.15, 0.2) is 5.78 Å². The van der Waals surface area contributed by atoms with Crippen molar-refractivity contribution < 1.29 is 4.79 Å². The number of Topliss-reactive ketones (excluding diaryl/α,β-unsaturated/α-hetero) is 1. The Morgan fingerprint density at radius 1 is 1.19 bits per heavy atom. The molecule has 21 heavy (non-hydrogen) atoms. The van der Waals surface area contributed by atoms with Crippen molar-refractivity contribution >= 4 is 11.4 Å². The van der Waals surface area contributed by atoms with Gasteiger partial charge in [-0.15, -0.1) is 0 Å². The Hall–Kier alpha value is -2.16. The van der Waals surface area contributed by atoms with Gasteiger partial charge in [0.05, 0.1) is 12.7 Å². The molecule has 0 radical (unpaired) electrons. The highest BCUT2D eigenvalue weighted by molar-refractivity contribution is 6.01. The number of benzene rings is 1. The number of hydrogen-bond donors (Lipinski definition) is 0. The van der Waals surface area contributed by atoms with Crippen LogP contribution in [0.5, 0.6) is 0 Å². The molecule has 3 heteroatoms. The quantitative estimate of drug-likeness (QED) is 0.778. The van der Waals surface area contributed by atoms with Crippen molar-refractivity contribution in [2.75, 3.05) is 0 Å². The fourth-order valence-corrected chi connectivity index (χ4v) is 2.67. The van der Waals surface area contributed by atoms with Crippen molar-refractivity contribution in [2.45, 2.75) is 34.2 Å². The van der Waals surface area contributed by atoms with Gasteiger partial charge in [0.1, 0.15) is 0 Å². The Balaban J connectivity index is 2.27. The lowest BCUT2D eigenvalue weighted by Crippen LogP contribution is -2.06. The predicted octanol–water partition coefficient (Wildman–Crippen LogP) is 3.95. The molecule has 0 atom stereocenters. The summed E-state index contributed by atoms with van der Waals surface area (Å²) in [5, 5.41) is 4.40. The second kappa shape index (κ2) is 6.53. The lowest BCUT2D eigenvalue weighted by molar-refractivity contribution is -0.113. The Bertz CT molecular complexity index is 651. The number of rotatable bonds is 5. The van der Waals surface area contributed by atoms with Crippen molar-refractivity contribution in [1.82, 2.24) is 9.78 Å². The molecule has 3 nitrogen and oxygen atoms in total. The van der Waals surface area contributed by atoms with Crippen molar-refractivity contribution in [3.05, 3.63) is 59.4 Å². The number of aromatic nitrogens is 2. The molecule has 0 N–H and O–H groups in total. The van der Waals surface area contributed by atoms with Gasteiger partial charge in [0.2, 0.25) is 0 Å². The second-order valence-electron chi connectivity index (χ2n) is 5.66. The number of ketones is 1. The summed E-state index contributed by atoms with van der Waals surface area (Å²) in [6.07, 6.45) is 3.84. The zero-order valence-electron chi connectivity index (χ0n) is 13.1. The second-order valence-corrected chi connectivity index (χ2v) is 5.66. The van der Waals surface area contributed by atoms with Crippen LogP contribution >= 0.6 is 0 Å². The van der Waals surface area contributed by atoms with Crippen LogP contribution in [-0.4, -0.2) is 15.6 Å². The van der Waals surface area contributed by atoms with Gasteiger partial charge >= 0.3 is 0 Å². The maximum absolute atomic E-state index is 11.8. The summed E-state index contributed by atoms with van der Waals surface area (Å²) < 4.78 is 1.91. The Labute approximate surface area is 126 Å². The van der Waals surface area contributed by atoms with E-state index in [0.29, 0.717) is 0 Å². The summed E-state index contributed by atoms with van der Waals surface area (Å²) in [6, 6.07) is 10.2. The molecule has 1 aromatic carbocycles. The summed E-state index contributed by atoms with van der Waals surface area (Å²) in [4.78, 5) is 11.8. The molecule has 0 unspecified atom stereocenters. The third-order valence-corrected chi connectivity index (χ3v) is 3.61. The maximum atomic E-state index is 11.8. The first kappa shape index (κ1) is 15.2. The van der Waals surface area contributed by atoms with Crippen molar-refractivity contribution in [3.63, 3.8) is 0 Å². The van der Waals surface area contributed by atoms with Crippen LogP contribution in [0.4, 0.5) is 0 Å². The van der Waals surface area contributed by atoms with Crippen molar-refractivity contribution in [2.24, 2.45) is 5.92 Å². The smallest absolute Gasteiger partial charge is 0.156 e. The van der Waals surface area contributed by atoms with Crippen LogP contribution in [0, 0.1) is 5.92 Å². The fourth-order valence-electron chi connectivity index (χ4n) is 2.67. The van der Waals surface area contributed by atoms with E-state index in [2.05, 4.69) is 31.1 Å². The standard InChI is InChI=1S/C18H22N2O/c1-13(2)18(15(4)21)14(3)17-10-19-20(12-17)11-16-8-6-5-7-9-16/h5-10,12-13H,11H2,1-4H3. The van der Waals surface area contributed by atoms with Crippen LogP contribution in [0.1, 0.15) is 38.8 Å². The minimum absolute atomic E-state index is 0.137. The monoisotopic (exact) mass is 282 g/mol. The van der Waals surface area contributed by atoms with Gasteiger partial charge in [-0.05, 0) is 30.9 Å². The molecule has 0 aliphatic rings. The molecule has 0 saturated carbocycles. The zero-order chi connectivity index (χ0) is 15.4. The number of carbonyl (C=O) groups excluding carboxylic acids is 1. The van der Waals surface area contributed by atoms with Crippen LogP contribution in [0.15, 0.2) is 48.3 Å². The van der Waals surface area contributed by atoms with Crippen molar-refractivity contribution in [1.29, 1.82) is 0 Å². The largest absolute Gasteiger partial charge is 0.295 e. The molecule has 2 aromatic rings. The number of allylic oxidation sites excluding steroid dienone is 2. The van der Waals surface area contributed by atoms with Crippen LogP contribution in [0.3, 0.4) is 0 Å². The molecule has 0 bridgehead atoms. The Morgan fingerprint density at radius 2 is 1.86 bits per heavy atom. The van der Waals surface area contributed by atoms with E-state index in [1.165, 1.54) is 5.56 Å². The average molecular weight is 282 g/mol. The van der Waals surface area contributed by atoms with E-state index in [9.17, 15) is 4.79 Å². The lowest BCUT2D eigenvalue weighted by Gasteiger charge is -2.11. The van der Waals surface area contributed by atoms with Gasteiger partial charge in [-0.2, -0.15) is 5.10 Å². The lowest BCUT2D eigenvalue weighted by atomic mass is 9.92. The average Bonchev–Trinajstić information content (AvgIpc) is 2.87. The van der Waals surface area contributed by atoms with Crippen LogP contribution in [0.25, 0.3) is 5.57 Å². The molecule has 0 fully saturated rings. The number of carbonyl (C=O) groups is 1. The molecule has 2 rings (SSSR count). The van der Waals surface area contributed by atoms with Gasteiger partial charge in [-0.25, -0.2) is 0 Å². The van der Waals surface area contributed by atoms with E-state index in [4.69, 9.17) is 0 Å². The van der Waals surface area contributed by atoms with Crippen LogP contribution < -0.4 is 0 Å². The minimum Gasteiger partial charge on any atom is -0.295 e. The van der Waals surface area contributed by atoms with Gasteiger partial charge < -0.3 is 0 Å². The molecule has 1 heterocycles. The molecular formula is C18H22N2O. The Kier molecular flexibility index (Phi) is 4.73. The molecule has 0 aliphatic heterocycles. The normalized spacial score (nSPS) is 12.4. The van der Waals surface area contributed by atoms with Gasteiger partial charge in [0, 0.05) is 17.3 Å². The van der Waals surface area contributed by atoms with Crippen LogP contribution in [-0.2, 0) is 11.3 Å². The molecule has 0 amide bonds. The first-order valence-corrected chi connectivity index (χ1v) is 7.27. The zero-order valence-corrected chi connectivity index (χ0v) is 13.1. The summed E-state index contributed by atoms with van der Waals surface area (Å²) >= 11 is 0.